The number of rotatable bonds is 6. The zero-order valence-corrected chi connectivity index (χ0v) is 14.1. The van der Waals surface area contributed by atoms with E-state index in [0.29, 0.717) is 11.3 Å². The van der Waals surface area contributed by atoms with Gasteiger partial charge >= 0.3 is 0 Å². The Morgan fingerprint density at radius 3 is 2.78 bits per heavy atom. The second kappa shape index (κ2) is 7.35. The number of nitriles is 1. The van der Waals surface area contributed by atoms with Crippen LogP contribution in [0.15, 0.2) is 29.6 Å². The number of thiazole rings is 1. The van der Waals surface area contributed by atoms with Crippen LogP contribution in [-0.4, -0.2) is 19.3 Å². The van der Waals surface area contributed by atoms with Gasteiger partial charge in [-0.1, -0.05) is 25.1 Å². The van der Waals surface area contributed by atoms with Gasteiger partial charge in [0.2, 0.25) is 15.9 Å². The summed E-state index contributed by atoms with van der Waals surface area (Å²) in [4.78, 5) is 16.1. The molecular formula is C15H15N3O3S2. The number of hydrogen-bond acceptors (Lipinski definition) is 6. The van der Waals surface area contributed by atoms with E-state index in [1.54, 1.807) is 23.6 Å². The Balaban J connectivity index is 2.03. The molecule has 0 saturated heterocycles. The number of amides is 1. The predicted molar refractivity (Wildman–Crippen MR) is 87.1 cm³/mol. The number of aryl methyl sites for hydroxylation is 1. The number of aromatic nitrogens is 1. The van der Waals surface area contributed by atoms with Gasteiger partial charge in [-0.2, -0.15) is 5.26 Å². The van der Waals surface area contributed by atoms with Crippen molar-refractivity contribution in [2.24, 2.45) is 0 Å². The highest BCUT2D eigenvalue weighted by atomic mass is 32.2. The molecule has 0 aliphatic carbocycles. The smallest absolute Gasteiger partial charge is 0.239 e. The van der Waals surface area contributed by atoms with Gasteiger partial charge in [-0.05, 0) is 18.1 Å². The summed E-state index contributed by atoms with van der Waals surface area (Å²) in [6.07, 6.45) is 0.686. The molecule has 0 radical (unpaired) electrons. The van der Waals surface area contributed by atoms with E-state index in [-0.39, 0.29) is 12.0 Å². The van der Waals surface area contributed by atoms with Crippen molar-refractivity contribution in [1.29, 1.82) is 5.26 Å². The summed E-state index contributed by atoms with van der Waals surface area (Å²) in [6.45, 7) is 1.96. The molecule has 6 nitrogen and oxygen atoms in total. The van der Waals surface area contributed by atoms with Crippen molar-refractivity contribution in [3.63, 3.8) is 0 Å². The first-order valence-corrected chi connectivity index (χ1v) is 9.41. The van der Waals surface area contributed by atoms with Crippen LogP contribution in [0.2, 0.25) is 0 Å². The highest BCUT2D eigenvalue weighted by Crippen LogP contribution is 2.12. The van der Waals surface area contributed by atoms with E-state index < -0.39 is 21.7 Å². The molecule has 1 N–H and O–H groups in total. The third-order valence-corrected chi connectivity index (χ3v) is 5.27. The maximum atomic E-state index is 12.1. The molecule has 2 aromatic rings. The Labute approximate surface area is 138 Å². The second-order valence-electron chi connectivity index (χ2n) is 4.82. The number of nitrogens with one attached hydrogen (secondary N) is 1. The summed E-state index contributed by atoms with van der Waals surface area (Å²) in [5.41, 5.74) is 1.19. The topological polar surface area (TPSA) is 99.9 Å². The summed E-state index contributed by atoms with van der Waals surface area (Å²) in [7, 11) is -3.86. The van der Waals surface area contributed by atoms with E-state index in [4.69, 9.17) is 5.26 Å². The van der Waals surface area contributed by atoms with Gasteiger partial charge in [0.25, 0.3) is 0 Å². The largest absolute Gasteiger partial charge is 0.274 e. The molecule has 0 fully saturated rings. The molecule has 0 aliphatic heterocycles. The molecule has 0 atom stereocenters. The standard InChI is InChI=1S/C15H15N3O3S2/c1-2-15-17-13(9-22-15)7-14(19)18-23(20,21)10-12-6-4-3-5-11(12)8-16/h3-6,9H,2,7,10H2,1H3,(H,18,19). The van der Waals surface area contributed by atoms with E-state index in [1.807, 2.05) is 17.7 Å². The molecule has 8 heteroatoms. The highest BCUT2D eigenvalue weighted by molar-refractivity contribution is 7.89. The van der Waals surface area contributed by atoms with Gasteiger partial charge in [0.1, 0.15) is 0 Å². The maximum absolute atomic E-state index is 12.1. The molecule has 1 heterocycles. The van der Waals surface area contributed by atoms with Crippen molar-refractivity contribution in [2.45, 2.75) is 25.5 Å². The van der Waals surface area contributed by atoms with Gasteiger partial charge in [0.15, 0.2) is 0 Å². The summed E-state index contributed by atoms with van der Waals surface area (Å²) in [5.74, 6) is -1.05. The summed E-state index contributed by atoms with van der Waals surface area (Å²) in [5, 5.41) is 11.6. The maximum Gasteiger partial charge on any atom is 0.239 e. The van der Waals surface area contributed by atoms with Gasteiger partial charge in [-0.3, -0.25) is 9.52 Å². The molecule has 0 aliphatic rings. The molecule has 0 unspecified atom stereocenters. The number of carbonyl (C=O) groups excluding carboxylic acids is 1. The Kier molecular flexibility index (Phi) is 5.47. The van der Waals surface area contributed by atoms with Crippen molar-refractivity contribution >= 4 is 27.3 Å². The van der Waals surface area contributed by atoms with Gasteiger partial charge in [0.05, 0.1) is 34.5 Å². The number of hydrogen-bond donors (Lipinski definition) is 1. The van der Waals surface area contributed by atoms with Crippen LogP contribution in [0.3, 0.4) is 0 Å². The fourth-order valence-corrected chi connectivity index (χ4v) is 3.86. The van der Waals surface area contributed by atoms with Crippen LogP contribution in [0.4, 0.5) is 0 Å². The fraction of sp³-hybridized carbons (Fsp3) is 0.267. The SMILES string of the molecule is CCc1nc(CC(=O)NS(=O)(=O)Cc2ccccc2C#N)cs1. The zero-order valence-electron chi connectivity index (χ0n) is 12.4. The Morgan fingerprint density at radius 2 is 2.13 bits per heavy atom. The number of benzene rings is 1. The fourth-order valence-electron chi connectivity index (χ4n) is 1.96. The summed E-state index contributed by atoms with van der Waals surface area (Å²) >= 11 is 1.44. The number of carbonyl (C=O) groups is 1. The van der Waals surface area contributed by atoms with Crippen molar-refractivity contribution in [2.75, 3.05) is 0 Å². The first-order chi connectivity index (χ1) is 10.9. The Bertz CT molecular complexity index is 851. The molecular weight excluding hydrogens is 334 g/mol. The lowest BCUT2D eigenvalue weighted by Gasteiger charge is -2.07. The molecule has 23 heavy (non-hydrogen) atoms. The lowest BCUT2D eigenvalue weighted by atomic mass is 10.1. The van der Waals surface area contributed by atoms with Crippen molar-refractivity contribution in [1.82, 2.24) is 9.71 Å². The quantitative estimate of drug-likeness (QED) is 0.856. The van der Waals surface area contributed by atoms with Gasteiger partial charge < -0.3 is 0 Å². The number of sulfonamides is 1. The first kappa shape index (κ1) is 17.1. The molecule has 120 valence electrons. The zero-order chi connectivity index (χ0) is 16.9. The lowest BCUT2D eigenvalue weighted by Crippen LogP contribution is -2.33. The summed E-state index contributed by atoms with van der Waals surface area (Å²) < 4.78 is 26.2. The van der Waals surface area contributed by atoms with Crippen molar-refractivity contribution in [3.8, 4) is 6.07 Å². The predicted octanol–water partition coefficient (Wildman–Crippen LogP) is 1.77. The molecule has 1 aromatic heterocycles. The average Bonchev–Trinajstić information content (AvgIpc) is 2.94. The minimum Gasteiger partial charge on any atom is -0.274 e. The normalized spacial score (nSPS) is 11.0. The minimum absolute atomic E-state index is 0.0877. The van der Waals surface area contributed by atoms with E-state index in [0.717, 1.165) is 11.4 Å². The van der Waals surface area contributed by atoms with E-state index in [1.165, 1.54) is 17.4 Å². The highest BCUT2D eigenvalue weighted by Gasteiger charge is 2.18. The van der Waals surface area contributed by atoms with Gasteiger partial charge in [0, 0.05) is 5.38 Å². The molecule has 0 spiro atoms. The van der Waals surface area contributed by atoms with Crippen LogP contribution in [0.1, 0.15) is 28.8 Å². The third kappa shape index (κ3) is 4.87. The van der Waals surface area contributed by atoms with E-state index >= 15 is 0 Å². The van der Waals surface area contributed by atoms with Crippen LogP contribution in [0, 0.1) is 11.3 Å². The lowest BCUT2D eigenvalue weighted by molar-refractivity contribution is -0.118. The average molecular weight is 349 g/mol. The van der Waals surface area contributed by atoms with Crippen LogP contribution < -0.4 is 4.72 Å². The van der Waals surface area contributed by atoms with Gasteiger partial charge in [-0.25, -0.2) is 13.4 Å². The van der Waals surface area contributed by atoms with E-state index in [2.05, 4.69) is 4.98 Å². The Hall–Kier alpha value is -2.24. The number of nitrogens with zero attached hydrogens (tertiary/aromatic N) is 2. The third-order valence-electron chi connectivity index (χ3n) is 3.00. The van der Waals surface area contributed by atoms with Crippen LogP contribution in [-0.2, 0) is 33.4 Å². The van der Waals surface area contributed by atoms with E-state index in [9.17, 15) is 13.2 Å². The van der Waals surface area contributed by atoms with Crippen molar-refractivity contribution < 1.29 is 13.2 Å². The second-order valence-corrected chi connectivity index (χ2v) is 7.48. The molecule has 0 bridgehead atoms. The molecule has 0 saturated carbocycles. The van der Waals surface area contributed by atoms with Crippen LogP contribution in [0.25, 0.3) is 0 Å². The van der Waals surface area contributed by atoms with Crippen LogP contribution >= 0.6 is 11.3 Å². The molecule has 1 aromatic carbocycles. The van der Waals surface area contributed by atoms with Crippen LogP contribution in [0.5, 0.6) is 0 Å². The van der Waals surface area contributed by atoms with Crippen molar-refractivity contribution in [3.05, 3.63) is 51.5 Å². The van der Waals surface area contributed by atoms with Gasteiger partial charge in [-0.15, -0.1) is 11.3 Å². The molecule has 2 rings (SSSR count). The Morgan fingerprint density at radius 1 is 1.39 bits per heavy atom. The summed E-state index contributed by atoms with van der Waals surface area (Å²) in [6, 6.07) is 8.32. The monoisotopic (exact) mass is 349 g/mol. The first-order valence-electron chi connectivity index (χ1n) is 6.88. The minimum atomic E-state index is -3.86. The molecule has 1 amide bonds.